The maximum absolute atomic E-state index is 12.5. The Morgan fingerprint density at radius 3 is 2.83 bits per heavy atom. The summed E-state index contributed by atoms with van der Waals surface area (Å²) in [5, 5.41) is 4.06. The Morgan fingerprint density at radius 1 is 1.30 bits per heavy atom. The van der Waals surface area contributed by atoms with Crippen LogP contribution in [0.4, 0.5) is 5.69 Å². The first kappa shape index (κ1) is 15.8. The zero-order valence-corrected chi connectivity index (χ0v) is 14.3. The van der Waals surface area contributed by atoms with E-state index in [9.17, 15) is 4.79 Å². The second-order valence-corrected chi connectivity index (χ2v) is 6.89. The van der Waals surface area contributed by atoms with Crippen LogP contribution in [0.2, 0.25) is 0 Å². The summed E-state index contributed by atoms with van der Waals surface area (Å²) in [5.74, 6) is 1.30. The second kappa shape index (κ2) is 6.58. The average molecular weight is 332 g/mol. The molecule has 5 nitrogen and oxygen atoms in total. The largest absolute Gasteiger partial charge is 0.493 e. The number of aryl methyl sites for hydroxylation is 2. The molecule has 1 N–H and O–H groups in total. The lowest BCUT2D eigenvalue weighted by Gasteiger charge is -2.20. The molecular formula is C17H20N2O3S. The van der Waals surface area contributed by atoms with Crippen LogP contribution in [-0.4, -0.2) is 25.1 Å². The lowest BCUT2D eigenvalue weighted by Crippen LogP contribution is -2.27. The summed E-state index contributed by atoms with van der Waals surface area (Å²) in [6.45, 7) is 2.02. The number of benzene rings is 1. The maximum atomic E-state index is 12.5. The Balaban J connectivity index is 1.70. The summed E-state index contributed by atoms with van der Waals surface area (Å²) in [5.41, 5.74) is 1.89. The fourth-order valence-corrected chi connectivity index (χ4v) is 3.95. The van der Waals surface area contributed by atoms with Crippen LogP contribution in [-0.2, 0) is 17.6 Å². The van der Waals surface area contributed by atoms with Crippen LogP contribution in [0, 0.1) is 12.8 Å². The molecule has 6 heteroatoms. The number of ether oxygens (including phenoxy) is 2. The van der Waals surface area contributed by atoms with Crippen LogP contribution in [0.25, 0.3) is 0 Å². The average Bonchev–Trinajstić information content (AvgIpc) is 2.93. The highest BCUT2D eigenvalue weighted by Gasteiger charge is 2.27. The van der Waals surface area contributed by atoms with Crippen LogP contribution in [0.3, 0.4) is 0 Å². The Labute approximate surface area is 139 Å². The zero-order valence-electron chi connectivity index (χ0n) is 13.5. The normalized spacial score (nSPS) is 16.6. The van der Waals surface area contributed by atoms with E-state index in [0.29, 0.717) is 11.5 Å². The summed E-state index contributed by atoms with van der Waals surface area (Å²) in [6, 6.07) is 5.40. The third-order valence-electron chi connectivity index (χ3n) is 4.07. The number of carbonyl (C=O) groups excluding carboxylic acids is 1. The van der Waals surface area contributed by atoms with Crippen molar-refractivity contribution in [3.63, 3.8) is 0 Å². The highest BCUT2D eigenvalue weighted by Crippen LogP contribution is 2.32. The van der Waals surface area contributed by atoms with Gasteiger partial charge in [0.25, 0.3) is 0 Å². The molecule has 0 fully saturated rings. The Morgan fingerprint density at radius 2 is 2.09 bits per heavy atom. The molecule has 1 aliphatic carbocycles. The van der Waals surface area contributed by atoms with Gasteiger partial charge in [-0.3, -0.25) is 4.79 Å². The number of hydrogen-bond donors (Lipinski definition) is 1. The minimum atomic E-state index is -0.00422. The van der Waals surface area contributed by atoms with Gasteiger partial charge in [0.2, 0.25) is 5.91 Å². The van der Waals surface area contributed by atoms with Gasteiger partial charge in [-0.1, -0.05) is 0 Å². The quantitative estimate of drug-likeness (QED) is 0.934. The number of hydrogen-bond acceptors (Lipinski definition) is 5. The Bertz CT molecular complexity index is 727. The molecule has 0 saturated carbocycles. The number of carbonyl (C=O) groups is 1. The zero-order chi connectivity index (χ0) is 16.4. The molecule has 1 aromatic carbocycles. The van der Waals surface area contributed by atoms with Crippen LogP contribution in [0.5, 0.6) is 11.5 Å². The number of methoxy groups -OCH3 is 2. The molecule has 0 radical (unpaired) electrons. The number of nitrogens with zero attached hydrogens (tertiary/aromatic N) is 1. The van der Waals surface area contributed by atoms with Gasteiger partial charge in [0.1, 0.15) is 0 Å². The van der Waals surface area contributed by atoms with Crippen molar-refractivity contribution >= 4 is 22.9 Å². The minimum Gasteiger partial charge on any atom is -0.493 e. The topological polar surface area (TPSA) is 60.5 Å². The predicted molar refractivity (Wildman–Crippen MR) is 90.5 cm³/mol. The summed E-state index contributed by atoms with van der Waals surface area (Å²) in [7, 11) is 3.17. The lowest BCUT2D eigenvalue weighted by molar-refractivity contribution is -0.120. The van der Waals surface area contributed by atoms with Crippen molar-refractivity contribution in [1.82, 2.24) is 4.98 Å². The van der Waals surface area contributed by atoms with Gasteiger partial charge in [0.15, 0.2) is 11.5 Å². The van der Waals surface area contributed by atoms with E-state index in [0.717, 1.165) is 30.0 Å². The van der Waals surface area contributed by atoms with E-state index in [4.69, 9.17) is 9.47 Å². The molecule has 122 valence electrons. The molecule has 0 bridgehead atoms. The Kier molecular flexibility index (Phi) is 4.52. The van der Waals surface area contributed by atoms with Crippen LogP contribution in [0.15, 0.2) is 18.2 Å². The van der Waals surface area contributed by atoms with Gasteiger partial charge >= 0.3 is 0 Å². The van der Waals surface area contributed by atoms with Gasteiger partial charge in [-0.2, -0.15) is 0 Å². The van der Waals surface area contributed by atoms with E-state index >= 15 is 0 Å². The summed E-state index contributed by atoms with van der Waals surface area (Å²) < 4.78 is 10.5. The fourth-order valence-electron chi connectivity index (χ4n) is 2.89. The van der Waals surface area contributed by atoms with Crippen molar-refractivity contribution in [2.75, 3.05) is 19.5 Å². The van der Waals surface area contributed by atoms with Crippen LogP contribution in [0.1, 0.15) is 22.0 Å². The van der Waals surface area contributed by atoms with Crippen LogP contribution >= 0.6 is 11.3 Å². The highest BCUT2D eigenvalue weighted by molar-refractivity contribution is 7.11. The summed E-state index contributed by atoms with van der Waals surface area (Å²) in [4.78, 5) is 18.3. The van der Waals surface area contributed by atoms with Gasteiger partial charge in [-0.25, -0.2) is 4.98 Å². The molecule has 23 heavy (non-hydrogen) atoms. The lowest BCUT2D eigenvalue weighted by atomic mass is 9.90. The number of rotatable bonds is 4. The maximum Gasteiger partial charge on any atom is 0.227 e. The third kappa shape index (κ3) is 3.32. The van der Waals surface area contributed by atoms with Crippen molar-refractivity contribution < 1.29 is 14.3 Å². The molecule has 1 amide bonds. The van der Waals surface area contributed by atoms with E-state index < -0.39 is 0 Å². The molecule has 1 aromatic heterocycles. The third-order valence-corrected chi connectivity index (χ3v) is 5.10. The van der Waals surface area contributed by atoms with Crippen molar-refractivity contribution in [1.29, 1.82) is 0 Å². The van der Waals surface area contributed by atoms with Gasteiger partial charge < -0.3 is 14.8 Å². The molecule has 1 atom stereocenters. The monoisotopic (exact) mass is 332 g/mol. The molecule has 0 saturated heterocycles. The van der Waals surface area contributed by atoms with Crippen LogP contribution < -0.4 is 14.8 Å². The molecular weight excluding hydrogens is 312 g/mol. The van der Waals surface area contributed by atoms with Gasteiger partial charge in [0, 0.05) is 22.5 Å². The van der Waals surface area contributed by atoms with Crippen molar-refractivity contribution in [3.05, 3.63) is 33.8 Å². The van der Waals surface area contributed by atoms with E-state index in [1.165, 1.54) is 10.6 Å². The number of thiazole rings is 1. The molecule has 1 heterocycles. The molecule has 1 unspecified atom stereocenters. The fraction of sp³-hybridized carbons (Fsp3) is 0.412. The second-order valence-electron chi connectivity index (χ2n) is 5.60. The first-order valence-corrected chi connectivity index (χ1v) is 8.40. The van der Waals surface area contributed by atoms with Gasteiger partial charge in [-0.05, 0) is 38.3 Å². The van der Waals surface area contributed by atoms with Crippen molar-refractivity contribution in [2.45, 2.75) is 26.2 Å². The number of nitrogens with one attached hydrogen (secondary N) is 1. The predicted octanol–water partition coefficient (Wildman–Crippen LogP) is 3.21. The van der Waals surface area contributed by atoms with Gasteiger partial charge in [0.05, 0.1) is 24.9 Å². The van der Waals surface area contributed by atoms with E-state index in [1.807, 2.05) is 13.0 Å². The SMILES string of the molecule is COc1ccc(NC(=O)C2CCc3nc(C)sc3C2)cc1OC. The summed E-state index contributed by atoms with van der Waals surface area (Å²) >= 11 is 1.70. The Hall–Kier alpha value is -2.08. The number of anilines is 1. The van der Waals surface area contributed by atoms with E-state index in [1.54, 1.807) is 37.7 Å². The number of aromatic nitrogens is 1. The minimum absolute atomic E-state index is 0.00422. The molecule has 1 aliphatic rings. The van der Waals surface area contributed by atoms with Gasteiger partial charge in [-0.15, -0.1) is 11.3 Å². The summed E-state index contributed by atoms with van der Waals surface area (Å²) in [6.07, 6.45) is 2.50. The molecule has 3 rings (SSSR count). The van der Waals surface area contributed by atoms with Crippen molar-refractivity contribution in [3.8, 4) is 11.5 Å². The first-order valence-electron chi connectivity index (χ1n) is 7.58. The highest BCUT2D eigenvalue weighted by atomic mass is 32.1. The smallest absolute Gasteiger partial charge is 0.227 e. The number of amides is 1. The first-order chi connectivity index (χ1) is 11.1. The number of fused-ring (bicyclic) bond motifs is 1. The van der Waals surface area contributed by atoms with E-state index in [-0.39, 0.29) is 11.8 Å². The molecule has 2 aromatic rings. The molecule has 0 aliphatic heterocycles. The van der Waals surface area contributed by atoms with Crippen molar-refractivity contribution in [2.24, 2.45) is 5.92 Å². The standard InChI is InChI=1S/C17H20N2O3S/c1-10-18-13-6-4-11(8-16(13)23-10)17(20)19-12-5-7-14(21-2)15(9-12)22-3/h5,7,9,11H,4,6,8H2,1-3H3,(H,19,20). The molecule has 0 spiro atoms. The van der Waals surface area contributed by atoms with E-state index in [2.05, 4.69) is 10.3 Å².